The summed E-state index contributed by atoms with van der Waals surface area (Å²) >= 11 is 2.55. The first-order chi connectivity index (χ1) is 13.1. The largest absolute Gasteiger partial charge is 0.462 e. The van der Waals surface area contributed by atoms with Crippen LogP contribution in [0.2, 0.25) is 0 Å². The molecule has 1 aromatic carbocycles. The third kappa shape index (κ3) is 4.92. The summed E-state index contributed by atoms with van der Waals surface area (Å²) in [4.78, 5) is 36.0. The lowest BCUT2D eigenvalue weighted by Crippen LogP contribution is -2.11. The molecule has 0 aliphatic heterocycles. The maximum atomic E-state index is 11.9. The van der Waals surface area contributed by atoms with Crippen molar-refractivity contribution in [3.05, 3.63) is 41.0 Å². The van der Waals surface area contributed by atoms with Gasteiger partial charge in [-0.1, -0.05) is 23.9 Å². The number of ether oxygens (including phenoxy) is 2. The molecule has 0 saturated carbocycles. The van der Waals surface area contributed by atoms with Crippen LogP contribution in [0.5, 0.6) is 0 Å². The molecule has 2 aromatic heterocycles. The van der Waals surface area contributed by atoms with Crippen LogP contribution in [0.1, 0.15) is 22.3 Å². The van der Waals surface area contributed by atoms with Crippen LogP contribution >= 0.6 is 23.1 Å². The van der Waals surface area contributed by atoms with Crippen molar-refractivity contribution in [2.24, 2.45) is 0 Å². The van der Waals surface area contributed by atoms with Crippen LogP contribution in [0.15, 0.2) is 35.6 Å². The Kier molecular flexibility index (Phi) is 6.20. The van der Waals surface area contributed by atoms with E-state index in [1.807, 2.05) is 24.3 Å². The molecule has 0 aliphatic carbocycles. The van der Waals surface area contributed by atoms with Crippen molar-refractivity contribution in [1.82, 2.24) is 15.0 Å². The molecule has 0 saturated heterocycles. The number of hydrogen-bond acceptors (Lipinski definition) is 10. The van der Waals surface area contributed by atoms with Gasteiger partial charge in [-0.25, -0.2) is 19.7 Å². The lowest BCUT2D eigenvalue weighted by atomic mass is 10.3. The third-order valence-corrected chi connectivity index (χ3v) is 5.15. The monoisotopic (exact) mass is 404 g/mol. The number of nitrogens with two attached hydrogens (primary N) is 1. The van der Waals surface area contributed by atoms with Gasteiger partial charge < -0.3 is 15.2 Å². The average Bonchev–Trinajstić information content (AvgIpc) is 3.08. The molecule has 0 spiro atoms. The van der Waals surface area contributed by atoms with Crippen molar-refractivity contribution in [1.29, 1.82) is 0 Å². The van der Waals surface area contributed by atoms with E-state index in [9.17, 15) is 9.59 Å². The van der Waals surface area contributed by atoms with Crippen LogP contribution < -0.4 is 5.73 Å². The van der Waals surface area contributed by atoms with Gasteiger partial charge in [0, 0.05) is 6.20 Å². The summed E-state index contributed by atoms with van der Waals surface area (Å²) in [6.07, 6.45) is 1.29. The molecule has 2 N–H and O–H groups in total. The summed E-state index contributed by atoms with van der Waals surface area (Å²) in [6.45, 7) is 2.04. The van der Waals surface area contributed by atoms with Gasteiger partial charge in [0.1, 0.15) is 23.0 Å². The molecular weight excluding hydrogens is 388 g/mol. The summed E-state index contributed by atoms with van der Waals surface area (Å²) in [5.41, 5.74) is 6.72. The molecule has 27 heavy (non-hydrogen) atoms. The quantitative estimate of drug-likeness (QED) is 0.360. The predicted molar refractivity (Wildman–Crippen MR) is 103 cm³/mol. The van der Waals surface area contributed by atoms with Crippen molar-refractivity contribution < 1.29 is 19.1 Å². The molecule has 0 bridgehead atoms. The number of fused-ring (bicyclic) bond motifs is 1. The highest BCUT2D eigenvalue weighted by Gasteiger charge is 2.15. The predicted octanol–water partition coefficient (Wildman–Crippen LogP) is 2.68. The zero-order valence-corrected chi connectivity index (χ0v) is 16.0. The Balaban J connectivity index is 1.51. The Morgan fingerprint density at radius 3 is 2.78 bits per heavy atom. The number of carbonyl (C=O) groups excluding carboxylic acids is 2. The number of hydrogen-bond donors (Lipinski definition) is 1. The molecule has 0 aliphatic rings. The van der Waals surface area contributed by atoms with E-state index < -0.39 is 11.9 Å². The maximum Gasteiger partial charge on any atom is 0.343 e. The zero-order valence-electron chi connectivity index (χ0n) is 14.4. The standard InChI is InChI=1S/C17H16N4O4S2/c1-2-24-16(23)10-7-19-17(21-15(10)18)26-9-14(22)25-8-13-20-11-5-3-4-6-12(11)27-13/h3-7H,2,8-9H2,1H3,(H2,18,19,21). The van der Waals surface area contributed by atoms with Crippen LogP contribution in [-0.4, -0.2) is 39.3 Å². The molecule has 8 nitrogen and oxygen atoms in total. The van der Waals surface area contributed by atoms with E-state index in [0.29, 0.717) is 0 Å². The van der Waals surface area contributed by atoms with Crippen LogP contribution in [0.3, 0.4) is 0 Å². The van der Waals surface area contributed by atoms with Gasteiger partial charge in [-0.15, -0.1) is 11.3 Å². The van der Waals surface area contributed by atoms with Gasteiger partial charge in [0.15, 0.2) is 5.16 Å². The Morgan fingerprint density at radius 1 is 1.22 bits per heavy atom. The molecule has 2 heterocycles. The minimum atomic E-state index is -0.582. The van der Waals surface area contributed by atoms with Gasteiger partial charge in [-0.3, -0.25) is 4.79 Å². The van der Waals surface area contributed by atoms with Crippen LogP contribution in [0, 0.1) is 0 Å². The van der Waals surface area contributed by atoms with Crippen molar-refractivity contribution in [2.45, 2.75) is 18.7 Å². The van der Waals surface area contributed by atoms with Gasteiger partial charge in [-0.05, 0) is 19.1 Å². The molecule has 0 unspecified atom stereocenters. The second-order valence-electron chi connectivity index (χ2n) is 5.20. The average molecular weight is 404 g/mol. The summed E-state index contributed by atoms with van der Waals surface area (Å²) in [5.74, 6) is -0.977. The molecule has 140 valence electrons. The number of thiazole rings is 1. The number of anilines is 1. The van der Waals surface area contributed by atoms with E-state index in [1.54, 1.807) is 6.92 Å². The van der Waals surface area contributed by atoms with E-state index in [2.05, 4.69) is 15.0 Å². The van der Waals surface area contributed by atoms with Gasteiger partial charge in [-0.2, -0.15) is 0 Å². The number of thioether (sulfide) groups is 1. The fourth-order valence-corrected chi connectivity index (χ4v) is 3.60. The topological polar surface area (TPSA) is 117 Å². The Labute approximate surface area is 163 Å². The molecule has 0 fully saturated rings. The number of benzene rings is 1. The minimum absolute atomic E-state index is 0.00814. The Hall–Kier alpha value is -2.72. The normalized spacial score (nSPS) is 10.7. The summed E-state index contributed by atoms with van der Waals surface area (Å²) in [5, 5.41) is 1.01. The highest BCUT2D eigenvalue weighted by atomic mass is 32.2. The Morgan fingerprint density at radius 2 is 2.04 bits per heavy atom. The molecule has 3 aromatic rings. The van der Waals surface area contributed by atoms with Gasteiger partial charge in [0.05, 0.1) is 22.6 Å². The van der Waals surface area contributed by atoms with Crippen LogP contribution in [0.4, 0.5) is 5.82 Å². The molecule has 3 rings (SSSR count). The number of para-hydroxylation sites is 1. The smallest absolute Gasteiger partial charge is 0.343 e. The first kappa shape index (κ1) is 19.1. The first-order valence-electron chi connectivity index (χ1n) is 7.99. The first-order valence-corrected chi connectivity index (χ1v) is 9.79. The second-order valence-corrected chi connectivity index (χ2v) is 7.25. The number of carbonyl (C=O) groups is 2. The minimum Gasteiger partial charge on any atom is -0.462 e. The van der Waals surface area contributed by atoms with Crippen LogP contribution in [0.25, 0.3) is 10.2 Å². The zero-order chi connectivity index (χ0) is 19.2. The van der Waals surface area contributed by atoms with Crippen molar-refractivity contribution in [3.63, 3.8) is 0 Å². The Bertz CT molecular complexity index is 943. The molecule has 10 heteroatoms. The van der Waals surface area contributed by atoms with Crippen molar-refractivity contribution in [3.8, 4) is 0 Å². The highest BCUT2D eigenvalue weighted by molar-refractivity contribution is 7.99. The van der Waals surface area contributed by atoms with E-state index in [0.717, 1.165) is 27.0 Å². The van der Waals surface area contributed by atoms with E-state index in [-0.39, 0.29) is 35.5 Å². The number of rotatable bonds is 7. The number of nitrogens with zero attached hydrogens (tertiary/aromatic N) is 3. The lowest BCUT2D eigenvalue weighted by Gasteiger charge is -2.06. The molecule has 0 radical (unpaired) electrons. The number of nitrogen functional groups attached to an aromatic ring is 1. The maximum absolute atomic E-state index is 11.9. The van der Waals surface area contributed by atoms with Gasteiger partial charge in [0.25, 0.3) is 0 Å². The molecule has 0 amide bonds. The fraction of sp³-hybridized carbons (Fsp3) is 0.235. The van der Waals surface area contributed by atoms with E-state index in [4.69, 9.17) is 15.2 Å². The molecular formula is C17H16N4O4S2. The van der Waals surface area contributed by atoms with Crippen LogP contribution in [-0.2, 0) is 20.9 Å². The van der Waals surface area contributed by atoms with E-state index in [1.165, 1.54) is 17.5 Å². The third-order valence-electron chi connectivity index (χ3n) is 3.31. The van der Waals surface area contributed by atoms with Gasteiger partial charge >= 0.3 is 11.9 Å². The van der Waals surface area contributed by atoms with Gasteiger partial charge in [0.2, 0.25) is 0 Å². The van der Waals surface area contributed by atoms with E-state index >= 15 is 0 Å². The number of aromatic nitrogens is 3. The number of esters is 2. The summed E-state index contributed by atoms with van der Waals surface area (Å²) in [6, 6.07) is 7.73. The summed E-state index contributed by atoms with van der Waals surface area (Å²) in [7, 11) is 0. The fourth-order valence-electron chi connectivity index (χ4n) is 2.10. The molecule has 0 atom stereocenters. The lowest BCUT2D eigenvalue weighted by molar-refractivity contribution is -0.141. The van der Waals surface area contributed by atoms with Crippen molar-refractivity contribution >= 4 is 51.1 Å². The van der Waals surface area contributed by atoms with Crippen molar-refractivity contribution in [2.75, 3.05) is 18.1 Å². The SMILES string of the molecule is CCOC(=O)c1cnc(SCC(=O)OCc2nc3ccccc3s2)nc1N. The second kappa shape index (κ2) is 8.78. The summed E-state index contributed by atoms with van der Waals surface area (Å²) < 4.78 is 11.1. The highest BCUT2D eigenvalue weighted by Crippen LogP contribution is 2.22.